The molecule has 3 nitrogen and oxygen atoms in total. The number of hydrogen-bond donors (Lipinski definition) is 1. The molecule has 0 radical (unpaired) electrons. The highest BCUT2D eigenvalue weighted by atomic mass is 16.6. The van der Waals surface area contributed by atoms with Gasteiger partial charge in [0.25, 0.3) is 0 Å². The van der Waals surface area contributed by atoms with E-state index in [1.807, 2.05) is 0 Å². The van der Waals surface area contributed by atoms with Gasteiger partial charge in [-0.2, -0.15) is 0 Å². The molecule has 2 aliphatic rings. The van der Waals surface area contributed by atoms with Crippen LogP contribution in [0.25, 0.3) is 0 Å². The number of allylic oxidation sites excluding steroid dienone is 2. The second kappa shape index (κ2) is 2.84. The van der Waals surface area contributed by atoms with E-state index in [1.165, 1.54) is 6.92 Å². The fraction of sp³-hybridized carbons (Fsp3) is 0.700. The van der Waals surface area contributed by atoms with Crippen LogP contribution >= 0.6 is 0 Å². The summed E-state index contributed by atoms with van der Waals surface area (Å²) >= 11 is 0. The van der Waals surface area contributed by atoms with Gasteiger partial charge in [-0.15, -0.1) is 0 Å². The lowest BCUT2D eigenvalue weighted by molar-refractivity contribution is -0.183. The quantitative estimate of drug-likeness (QED) is 0.507. The molecule has 2 N–H and O–H groups in total. The number of fused-ring (bicyclic) bond motifs is 1. The maximum Gasteiger partial charge on any atom is 0.303 e. The average Bonchev–Trinajstić information content (AvgIpc) is 2.43. The zero-order valence-corrected chi connectivity index (χ0v) is 7.82. The molecule has 3 atom stereocenters. The van der Waals surface area contributed by atoms with Gasteiger partial charge in [0.2, 0.25) is 0 Å². The summed E-state index contributed by atoms with van der Waals surface area (Å²) in [5.74, 6) is 0.833. The number of hydrogen-bond acceptors (Lipinski definition) is 3. The van der Waals surface area contributed by atoms with Crippen molar-refractivity contribution >= 4 is 5.97 Å². The van der Waals surface area contributed by atoms with Gasteiger partial charge in [-0.1, -0.05) is 12.2 Å². The van der Waals surface area contributed by atoms with Crippen molar-refractivity contribution in [2.24, 2.45) is 17.6 Å². The van der Waals surface area contributed by atoms with Crippen LogP contribution in [0.2, 0.25) is 0 Å². The summed E-state index contributed by atoms with van der Waals surface area (Å²) in [5.41, 5.74) is 5.32. The highest BCUT2D eigenvalue weighted by Gasteiger charge is 2.55. The Morgan fingerprint density at radius 3 is 3.08 bits per heavy atom. The Hall–Kier alpha value is -0.830. The van der Waals surface area contributed by atoms with Crippen molar-refractivity contribution in [2.75, 3.05) is 6.54 Å². The zero-order valence-electron chi connectivity index (χ0n) is 7.82. The van der Waals surface area contributed by atoms with Crippen LogP contribution in [0, 0.1) is 11.8 Å². The van der Waals surface area contributed by atoms with Gasteiger partial charge in [0.15, 0.2) is 0 Å². The molecule has 0 aromatic carbocycles. The van der Waals surface area contributed by atoms with E-state index < -0.39 is 0 Å². The predicted octanol–water partition coefficient (Wildman–Crippen LogP) is 0.843. The van der Waals surface area contributed by atoms with Gasteiger partial charge in [0.05, 0.1) is 0 Å². The van der Waals surface area contributed by atoms with Crippen LogP contribution in [-0.4, -0.2) is 18.1 Å². The number of nitrogens with two attached hydrogens (primary N) is 1. The van der Waals surface area contributed by atoms with Crippen molar-refractivity contribution in [3.05, 3.63) is 12.2 Å². The maximum atomic E-state index is 10.9. The molecule has 3 heteroatoms. The van der Waals surface area contributed by atoms with Gasteiger partial charge in [-0.3, -0.25) is 4.79 Å². The lowest BCUT2D eigenvalue weighted by Gasteiger charge is -2.50. The Labute approximate surface area is 77.9 Å². The topological polar surface area (TPSA) is 52.3 Å². The van der Waals surface area contributed by atoms with Gasteiger partial charge in [-0.05, 0) is 18.8 Å². The first kappa shape index (κ1) is 8.75. The second-order valence-corrected chi connectivity index (χ2v) is 4.00. The van der Waals surface area contributed by atoms with E-state index in [-0.39, 0.29) is 11.6 Å². The summed E-state index contributed by atoms with van der Waals surface area (Å²) in [6, 6.07) is 0. The van der Waals surface area contributed by atoms with E-state index in [0.29, 0.717) is 18.4 Å². The molecule has 0 aliphatic heterocycles. The van der Waals surface area contributed by atoms with Crippen LogP contribution in [0.15, 0.2) is 12.2 Å². The minimum Gasteiger partial charge on any atom is -0.458 e. The van der Waals surface area contributed by atoms with Crippen molar-refractivity contribution in [3.63, 3.8) is 0 Å². The molecule has 0 bridgehead atoms. The lowest BCUT2D eigenvalue weighted by atomic mass is 9.62. The van der Waals surface area contributed by atoms with Crippen LogP contribution < -0.4 is 5.73 Å². The first-order chi connectivity index (χ1) is 6.18. The minimum absolute atomic E-state index is 0.212. The summed E-state index contributed by atoms with van der Waals surface area (Å²) in [4.78, 5) is 10.9. The van der Waals surface area contributed by atoms with E-state index in [4.69, 9.17) is 10.5 Å². The largest absolute Gasteiger partial charge is 0.458 e. The van der Waals surface area contributed by atoms with Crippen molar-refractivity contribution in [1.29, 1.82) is 0 Å². The Balaban J connectivity index is 2.07. The highest BCUT2D eigenvalue weighted by Crippen LogP contribution is 2.52. The fourth-order valence-electron chi connectivity index (χ4n) is 2.59. The molecule has 0 aromatic rings. The van der Waals surface area contributed by atoms with E-state index in [0.717, 1.165) is 12.8 Å². The molecule has 1 saturated carbocycles. The molecule has 0 saturated heterocycles. The number of esters is 1. The molecule has 0 unspecified atom stereocenters. The van der Waals surface area contributed by atoms with E-state index in [1.54, 1.807) is 0 Å². The fourth-order valence-corrected chi connectivity index (χ4v) is 2.59. The van der Waals surface area contributed by atoms with Crippen molar-refractivity contribution in [2.45, 2.75) is 25.4 Å². The van der Waals surface area contributed by atoms with Crippen LogP contribution in [0.1, 0.15) is 19.8 Å². The van der Waals surface area contributed by atoms with Gasteiger partial charge in [0, 0.05) is 19.4 Å². The van der Waals surface area contributed by atoms with Crippen LogP contribution in [0.3, 0.4) is 0 Å². The third-order valence-corrected chi connectivity index (χ3v) is 3.24. The number of ether oxygens (including phenoxy) is 1. The number of carbonyl (C=O) groups excluding carboxylic acids is 1. The second-order valence-electron chi connectivity index (χ2n) is 4.00. The summed E-state index contributed by atoms with van der Waals surface area (Å²) in [6.45, 7) is 1.91. The van der Waals surface area contributed by atoms with E-state index in [9.17, 15) is 4.79 Å². The number of carbonyl (C=O) groups is 1. The number of rotatable bonds is 2. The van der Waals surface area contributed by atoms with Crippen molar-refractivity contribution in [1.82, 2.24) is 0 Å². The smallest absolute Gasteiger partial charge is 0.303 e. The van der Waals surface area contributed by atoms with Crippen molar-refractivity contribution in [3.8, 4) is 0 Å². The van der Waals surface area contributed by atoms with Gasteiger partial charge >= 0.3 is 5.97 Å². The molecule has 2 rings (SSSR count). The minimum atomic E-state index is -0.347. The predicted molar refractivity (Wildman–Crippen MR) is 48.9 cm³/mol. The highest BCUT2D eigenvalue weighted by molar-refractivity contribution is 5.67. The van der Waals surface area contributed by atoms with Gasteiger partial charge < -0.3 is 10.5 Å². The zero-order chi connectivity index (χ0) is 9.47. The maximum absolute atomic E-state index is 10.9. The first-order valence-corrected chi connectivity index (χ1v) is 4.74. The Morgan fingerprint density at radius 1 is 1.77 bits per heavy atom. The molecular formula is C10H15NO2. The summed E-state index contributed by atoms with van der Waals surface area (Å²) in [6.07, 6.45) is 6.29. The SMILES string of the molecule is CC(=O)O[C@]1(CN)C[C@H]2C=CC[C@H]21. The molecule has 2 aliphatic carbocycles. The molecule has 0 amide bonds. The normalized spacial score (nSPS) is 41.1. The van der Waals surface area contributed by atoms with Gasteiger partial charge in [0.1, 0.15) is 5.60 Å². The first-order valence-electron chi connectivity index (χ1n) is 4.74. The third-order valence-electron chi connectivity index (χ3n) is 3.24. The Morgan fingerprint density at radius 2 is 2.54 bits per heavy atom. The van der Waals surface area contributed by atoms with Crippen molar-refractivity contribution < 1.29 is 9.53 Å². The molecule has 1 fully saturated rings. The monoisotopic (exact) mass is 181 g/mol. The van der Waals surface area contributed by atoms with Crippen LogP contribution in [0.5, 0.6) is 0 Å². The summed E-state index contributed by atoms with van der Waals surface area (Å²) in [5, 5.41) is 0. The van der Waals surface area contributed by atoms with E-state index in [2.05, 4.69) is 12.2 Å². The Bertz CT molecular complexity index is 262. The lowest BCUT2D eigenvalue weighted by Crippen LogP contribution is -2.59. The molecule has 0 heterocycles. The standard InChI is InChI=1S/C10H15NO2/c1-7(12)13-10(6-11)5-8-3-2-4-9(8)10/h2-3,8-9H,4-6,11H2,1H3/t8-,9-,10+/m1/s1. The third kappa shape index (κ3) is 1.18. The summed E-state index contributed by atoms with van der Waals surface area (Å²) < 4.78 is 5.33. The van der Waals surface area contributed by atoms with Gasteiger partial charge in [-0.25, -0.2) is 0 Å². The van der Waals surface area contributed by atoms with Crippen LogP contribution in [-0.2, 0) is 9.53 Å². The van der Waals surface area contributed by atoms with Crippen LogP contribution in [0.4, 0.5) is 0 Å². The molecule has 0 spiro atoms. The molecule has 0 aromatic heterocycles. The molecule has 72 valence electrons. The molecular weight excluding hydrogens is 166 g/mol. The van der Waals surface area contributed by atoms with E-state index >= 15 is 0 Å². The Kier molecular flexibility index (Phi) is 1.91. The molecule has 13 heavy (non-hydrogen) atoms. The average molecular weight is 181 g/mol. The summed E-state index contributed by atoms with van der Waals surface area (Å²) in [7, 11) is 0.